The van der Waals surface area contributed by atoms with Gasteiger partial charge in [0.1, 0.15) is 17.6 Å². The Morgan fingerprint density at radius 1 is 1.29 bits per heavy atom. The van der Waals surface area contributed by atoms with Crippen LogP contribution in [-0.4, -0.2) is 12.9 Å². The van der Waals surface area contributed by atoms with Crippen LogP contribution in [0.3, 0.4) is 0 Å². The average Bonchev–Trinajstić information content (AvgIpc) is 2.49. The van der Waals surface area contributed by atoms with E-state index < -0.39 is 0 Å². The summed E-state index contributed by atoms with van der Waals surface area (Å²) in [7, 11) is 1.58. The van der Waals surface area contributed by atoms with Crippen molar-refractivity contribution in [3.63, 3.8) is 0 Å². The minimum absolute atomic E-state index is 0.0648. The van der Waals surface area contributed by atoms with Gasteiger partial charge in [-0.15, -0.1) is 0 Å². The second-order valence-corrected chi connectivity index (χ2v) is 6.03. The normalized spacial score (nSPS) is 17.1. The maximum absolute atomic E-state index is 12.3. The number of carbonyl (C=O) groups is 1. The maximum Gasteiger partial charge on any atom is 0.170 e. The number of halogens is 2. The summed E-state index contributed by atoms with van der Waals surface area (Å²) in [5.74, 6) is 1.29. The first-order valence-electron chi connectivity index (χ1n) is 6.41. The minimum atomic E-state index is -0.314. The SMILES string of the molecule is COc1ccc2c(c1)OC(c1ccc(Cl)c(Br)c1)CC2=O. The molecule has 5 heteroatoms. The number of hydrogen-bond acceptors (Lipinski definition) is 3. The molecule has 1 aliphatic rings. The largest absolute Gasteiger partial charge is 0.497 e. The third-order valence-corrected chi connectivity index (χ3v) is 4.66. The highest BCUT2D eigenvalue weighted by Gasteiger charge is 2.28. The van der Waals surface area contributed by atoms with Gasteiger partial charge in [0.05, 0.1) is 24.1 Å². The van der Waals surface area contributed by atoms with Crippen molar-refractivity contribution in [1.82, 2.24) is 0 Å². The van der Waals surface area contributed by atoms with E-state index in [0.29, 0.717) is 28.5 Å². The molecule has 1 aliphatic heterocycles. The Hall–Kier alpha value is -1.52. The van der Waals surface area contributed by atoms with Crippen LogP contribution in [0.2, 0.25) is 5.02 Å². The topological polar surface area (TPSA) is 35.5 Å². The molecule has 0 fully saturated rings. The molecule has 0 radical (unpaired) electrons. The zero-order chi connectivity index (χ0) is 15.0. The fraction of sp³-hybridized carbons (Fsp3) is 0.188. The lowest BCUT2D eigenvalue weighted by Gasteiger charge is -2.26. The second-order valence-electron chi connectivity index (χ2n) is 4.77. The standard InChI is InChI=1S/C16H12BrClO3/c1-20-10-3-4-11-14(19)8-15(21-16(11)7-10)9-2-5-13(18)12(17)6-9/h2-7,15H,8H2,1H3. The van der Waals surface area contributed by atoms with Crippen LogP contribution in [0.5, 0.6) is 11.5 Å². The highest BCUT2D eigenvalue weighted by Crippen LogP contribution is 2.38. The Labute approximate surface area is 136 Å². The molecule has 0 aromatic heterocycles. The quantitative estimate of drug-likeness (QED) is 0.763. The molecule has 3 nitrogen and oxygen atoms in total. The molecular weight excluding hydrogens is 356 g/mol. The molecule has 1 atom stereocenters. The molecule has 21 heavy (non-hydrogen) atoms. The first kappa shape index (κ1) is 14.4. The van der Waals surface area contributed by atoms with E-state index in [0.717, 1.165) is 10.0 Å². The van der Waals surface area contributed by atoms with Gasteiger partial charge in [0.25, 0.3) is 0 Å². The Morgan fingerprint density at radius 3 is 2.81 bits per heavy atom. The van der Waals surface area contributed by atoms with E-state index in [1.807, 2.05) is 12.1 Å². The van der Waals surface area contributed by atoms with E-state index in [4.69, 9.17) is 21.1 Å². The molecule has 0 N–H and O–H groups in total. The third kappa shape index (κ3) is 2.78. The zero-order valence-corrected chi connectivity index (χ0v) is 13.6. The van der Waals surface area contributed by atoms with Crippen molar-refractivity contribution in [1.29, 1.82) is 0 Å². The Balaban J connectivity index is 1.96. The van der Waals surface area contributed by atoms with Crippen molar-refractivity contribution in [3.8, 4) is 11.5 Å². The highest BCUT2D eigenvalue weighted by molar-refractivity contribution is 9.10. The van der Waals surface area contributed by atoms with Crippen molar-refractivity contribution in [2.24, 2.45) is 0 Å². The van der Waals surface area contributed by atoms with E-state index in [-0.39, 0.29) is 11.9 Å². The number of benzene rings is 2. The van der Waals surface area contributed by atoms with Crippen LogP contribution in [0, 0.1) is 0 Å². The van der Waals surface area contributed by atoms with Gasteiger partial charge in [-0.2, -0.15) is 0 Å². The van der Waals surface area contributed by atoms with E-state index in [1.165, 1.54) is 0 Å². The van der Waals surface area contributed by atoms with Crippen LogP contribution >= 0.6 is 27.5 Å². The van der Waals surface area contributed by atoms with Gasteiger partial charge in [-0.25, -0.2) is 0 Å². The number of carbonyl (C=O) groups excluding carboxylic acids is 1. The summed E-state index contributed by atoms with van der Waals surface area (Å²) >= 11 is 9.39. The van der Waals surface area contributed by atoms with Crippen LogP contribution in [-0.2, 0) is 0 Å². The molecule has 0 saturated carbocycles. The minimum Gasteiger partial charge on any atom is -0.497 e. The van der Waals surface area contributed by atoms with Gasteiger partial charge in [0.2, 0.25) is 0 Å². The fourth-order valence-corrected chi connectivity index (χ4v) is 2.84. The summed E-state index contributed by atoms with van der Waals surface area (Å²) in [4.78, 5) is 12.3. The number of ether oxygens (including phenoxy) is 2. The molecular formula is C16H12BrClO3. The third-order valence-electron chi connectivity index (χ3n) is 3.44. The summed E-state index contributed by atoms with van der Waals surface area (Å²) in [5, 5.41) is 0.628. The predicted molar refractivity (Wildman–Crippen MR) is 84.5 cm³/mol. The van der Waals surface area contributed by atoms with Gasteiger partial charge in [-0.1, -0.05) is 17.7 Å². The van der Waals surface area contributed by atoms with Crippen LogP contribution in [0.25, 0.3) is 0 Å². The summed E-state index contributed by atoms with van der Waals surface area (Å²) < 4.78 is 11.9. The lowest BCUT2D eigenvalue weighted by molar-refractivity contribution is 0.0849. The fourth-order valence-electron chi connectivity index (χ4n) is 2.33. The first-order chi connectivity index (χ1) is 10.1. The lowest BCUT2D eigenvalue weighted by Crippen LogP contribution is -2.20. The predicted octanol–water partition coefficient (Wildman–Crippen LogP) is 4.82. The monoisotopic (exact) mass is 366 g/mol. The zero-order valence-electron chi connectivity index (χ0n) is 11.2. The average molecular weight is 368 g/mol. The van der Waals surface area contributed by atoms with Gasteiger partial charge in [0.15, 0.2) is 5.78 Å². The summed E-state index contributed by atoms with van der Waals surface area (Å²) in [5.41, 5.74) is 1.51. The molecule has 1 heterocycles. The number of hydrogen-bond donors (Lipinski definition) is 0. The highest BCUT2D eigenvalue weighted by atomic mass is 79.9. The van der Waals surface area contributed by atoms with Crippen LogP contribution in [0.4, 0.5) is 0 Å². The second kappa shape index (κ2) is 5.70. The van der Waals surface area contributed by atoms with Crippen molar-refractivity contribution in [2.45, 2.75) is 12.5 Å². The number of Topliss-reactive ketones (excluding diaryl/α,β-unsaturated/α-hetero) is 1. The smallest absolute Gasteiger partial charge is 0.170 e. The van der Waals surface area contributed by atoms with Crippen molar-refractivity contribution < 1.29 is 14.3 Å². The van der Waals surface area contributed by atoms with E-state index in [9.17, 15) is 4.79 Å². The van der Waals surface area contributed by atoms with Gasteiger partial charge < -0.3 is 9.47 Å². The summed E-state index contributed by atoms with van der Waals surface area (Å²) in [6.45, 7) is 0. The lowest BCUT2D eigenvalue weighted by atomic mass is 9.96. The number of rotatable bonds is 2. The molecule has 0 bridgehead atoms. The first-order valence-corrected chi connectivity index (χ1v) is 7.58. The van der Waals surface area contributed by atoms with Crippen LogP contribution in [0.15, 0.2) is 40.9 Å². The Kier molecular flexibility index (Phi) is 3.91. The van der Waals surface area contributed by atoms with Crippen molar-refractivity contribution in [3.05, 3.63) is 57.0 Å². The van der Waals surface area contributed by atoms with Gasteiger partial charge in [-0.3, -0.25) is 4.79 Å². The summed E-state index contributed by atoms with van der Waals surface area (Å²) in [6, 6.07) is 10.8. The van der Waals surface area contributed by atoms with E-state index >= 15 is 0 Å². The number of fused-ring (bicyclic) bond motifs is 1. The van der Waals surface area contributed by atoms with Gasteiger partial charge in [-0.05, 0) is 45.8 Å². The van der Waals surface area contributed by atoms with Crippen LogP contribution in [0.1, 0.15) is 28.4 Å². The molecule has 0 saturated heterocycles. The Morgan fingerprint density at radius 2 is 2.10 bits per heavy atom. The molecule has 0 aliphatic carbocycles. The van der Waals surface area contributed by atoms with E-state index in [1.54, 1.807) is 31.4 Å². The molecule has 2 aromatic carbocycles. The molecule has 2 aromatic rings. The Bertz CT molecular complexity index is 715. The summed E-state index contributed by atoms with van der Waals surface area (Å²) in [6.07, 6.45) is -0.00129. The van der Waals surface area contributed by atoms with Crippen molar-refractivity contribution in [2.75, 3.05) is 7.11 Å². The van der Waals surface area contributed by atoms with Crippen LogP contribution < -0.4 is 9.47 Å². The molecule has 1 unspecified atom stereocenters. The number of methoxy groups -OCH3 is 1. The number of ketones is 1. The van der Waals surface area contributed by atoms with Crippen molar-refractivity contribution >= 4 is 33.3 Å². The molecule has 0 amide bonds. The van der Waals surface area contributed by atoms with Gasteiger partial charge in [0, 0.05) is 10.5 Å². The molecule has 0 spiro atoms. The molecule has 108 valence electrons. The van der Waals surface area contributed by atoms with Gasteiger partial charge >= 0.3 is 0 Å². The molecule has 3 rings (SSSR count). The van der Waals surface area contributed by atoms with E-state index in [2.05, 4.69) is 15.9 Å². The maximum atomic E-state index is 12.3.